The van der Waals surface area contributed by atoms with Crippen LogP contribution >= 0.6 is 0 Å². The van der Waals surface area contributed by atoms with Crippen LogP contribution in [-0.4, -0.2) is 12.2 Å². The van der Waals surface area contributed by atoms with Crippen molar-refractivity contribution in [3.63, 3.8) is 0 Å². The molecular formula is C3H10OW. The van der Waals surface area contributed by atoms with Gasteiger partial charge in [0, 0.05) is 7.11 Å². The Morgan fingerprint density at radius 2 is 1.00 bits per heavy atom. The van der Waals surface area contributed by atoms with E-state index < -0.39 is 0 Å². The van der Waals surface area contributed by atoms with E-state index >= 15 is 0 Å². The van der Waals surface area contributed by atoms with E-state index in [-0.39, 0.29) is 35.9 Å². The molecule has 0 aliphatic carbocycles. The van der Waals surface area contributed by atoms with Gasteiger partial charge in [-0.25, -0.2) is 0 Å². The summed E-state index contributed by atoms with van der Waals surface area (Å²) in [6, 6.07) is 0. The fourth-order valence-corrected chi connectivity index (χ4v) is 0. The summed E-state index contributed by atoms with van der Waals surface area (Å²) in [6.07, 6.45) is 0. The quantitative estimate of drug-likeness (QED) is 0.617. The molecule has 0 fully saturated rings. The molecule has 5 heavy (non-hydrogen) atoms. The summed E-state index contributed by atoms with van der Waals surface area (Å²) >= 11 is 0. The number of rotatable bonds is 0. The van der Waals surface area contributed by atoms with E-state index in [1.54, 1.807) is 0 Å². The summed E-state index contributed by atoms with van der Waals surface area (Å²) in [5.41, 5.74) is 0. The van der Waals surface area contributed by atoms with Gasteiger partial charge >= 0.3 is 21.1 Å². The van der Waals surface area contributed by atoms with E-state index in [0.29, 0.717) is 0 Å². The number of hydrogen-bond donors (Lipinski definition) is 1. The summed E-state index contributed by atoms with van der Waals surface area (Å²) in [6.45, 7) is 0. The van der Waals surface area contributed by atoms with Gasteiger partial charge in [0.1, 0.15) is 0 Å². The molecule has 2 heteroatoms. The molecule has 0 rings (SSSR count). The zero-order valence-corrected chi connectivity index (χ0v) is 6.79. The molecule has 1 N–H and O–H groups in total. The molecule has 0 saturated carbocycles. The SMILES string of the molecule is CO.[CH3-].[CH3-].[W+2]. The fraction of sp³-hybridized carbons (Fsp3) is 0.333. The smallest absolute Gasteiger partial charge is 0.400 e. The molecule has 0 aromatic heterocycles. The summed E-state index contributed by atoms with van der Waals surface area (Å²) in [7, 11) is 1.00. The van der Waals surface area contributed by atoms with Crippen molar-refractivity contribution in [3.05, 3.63) is 14.9 Å². The molecule has 0 aliphatic heterocycles. The Balaban J connectivity index is -0.00000000167. The molecule has 0 aliphatic rings. The topological polar surface area (TPSA) is 20.2 Å². The monoisotopic (exact) mass is 246 g/mol. The van der Waals surface area contributed by atoms with E-state index in [2.05, 4.69) is 0 Å². The van der Waals surface area contributed by atoms with Gasteiger partial charge in [0.15, 0.2) is 0 Å². The van der Waals surface area contributed by atoms with E-state index in [4.69, 9.17) is 5.11 Å². The maximum atomic E-state index is 7.00. The Morgan fingerprint density at radius 1 is 1.00 bits per heavy atom. The molecule has 1 nitrogen and oxygen atoms in total. The Kier molecular flexibility index (Phi) is 1320. The van der Waals surface area contributed by atoms with E-state index in [1.165, 1.54) is 0 Å². The predicted molar refractivity (Wildman–Crippen MR) is 21.0 cm³/mol. The van der Waals surface area contributed by atoms with E-state index in [1.807, 2.05) is 0 Å². The Bertz CT molecular complexity index is 6.85. The van der Waals surface area contributed by atoms with Crippen LogP contribution in [0, 0.1) is 14.9 Å². The minimum absolute atomic E-state index is 0. The summed E-state index contributed by atoms with van der Waals surface area (Å²) < 4.78 is 0. The number of aliphatic hydroxyl groups is 1. The average Bonchev–Trinajstić information content (AvgIpc) is 1.00. The third kappa shape index (κ3) is 77.6. The van der Waals surface area contributed by atoms with Crippen molar-refractivity contribution >= 4 is 0 Å². The Hall–Kier alpha value is 0.648. The minimum Gasteiger partial charge on any atom is -0.400 e. The van der Waals surface area contributed by atoms with Gasteiger partial charge in [-0.2, -0.15) is 0 Å². The van der Waals surface area contributed by atoms with Crippen LogP contribution in [0.5, 0.6) is 0 Å². The van der Waals surface area contributed by atoms with Crippen molar-refractivity contribution in [3.8, 4) is 0 Å². The van der Waals surface area contributed by atoms with Gasteiger partial charge < -0.3 is 20.0 Å². The second-order valence-electron chi connectivity index (χ2n) is 0. The summed E-state index contributed by atoms with van der Waals surface area (Å²) in [5.74, 6) is 0. The standard InChI is InChI=1S/CH4O.2CH3.W/c1-2;;;/h2H,1H3;2*1H3;/q;2*-1;+2. The average molecular weight is 246 g/mol. The van der Waals surface area contributed by atoms with Crippen molar-refractivity contribution in [1.82, 2.24) is 0 Å². The number of aliphatic hydroxyl groups excluding tert-OH is 1. The van der Waals surface area contributed by atoms with Gasteiger partial charge in [0.2, 0.25) is 0 Å². The van der Waals surface area contributed by atoms with Gasteiger partial charge in [-0.3, -0.25) is 0 Å². The van der Waals surface area contributed by atoms with Crippen molar-refractivity contribution in [2.75, 3.05) is 7.11 Å². The van der Waals surface area contributed by atoms with Crippen LogP contribution in [0.25, 0.3) is 0 Å². The molecule has 0 radical (unpaired) electrons. The first kappa shape index (κ1) is 44.9. The van der Waals surface area contributed by atoms with Crippen molar-refractivity contribution in [2.24, 2.45) is 0 Å². The molecule has 0 aromatic carbocycles. The molecular weight excluding hydrogens is 236 g/mol. The largest absolute Gasteiger partial charge is 2.00 e. The normalized spacial score (nSPS) is 1.20. The summed E-state index contributed by atoms with van der Waals surface area (Å²) in [4.78, 5) is 0. The molecule has 0 spiro atoms. The van der Waals surface area contributed by atoms with Gasteiger partial charge in [0.25, 0.3) is 0 Å². The molecule has 0 aromatic rings. The Morgan fingerprint density at radius 3 is 1.00 bits per heavy atom. The summed E-state index contributed by atoms with van der Waals surface area (Å²) in [5, 5.41) is 7.00. The second kappa shape index (κ2) is 147. The third-order valence-corrected chi connectivity index (χ3v) is 0. The maximum Gasteiger partial charge on any atom is 2.00 e. The third-order valence-electron chi connectivity index (χ3n) is 0. The van der Waals surface area contributed by atoms with Crippen molar-refractivity contribution in [1.29, 1.82) is 0 Å². The molecule has 34 valence electrons. The van der Waals surface area contributed by atoms with Crippen LogP contribution in [0.15, 0.2) is 0 Å². The first-order chi connectivity index (χ1) is 1.00. The minimum atomic E-state index is 0. The molecule has 0 heterocycles. The van der Waals surface area contributed by atoms with Crippen LogP contribution in [-0.2, 0) is 21.1 Å². The first-order valence-corrected chi connectivity index (χ1v) is 0.447. The maximum absolute atomic E-state index is 7.00. The van der Waals surface area contributed by atoms with Crippen LogP contribution < -0.4 is 0 Å². The molecule has 0 atom stereocenters. The molecule has 0 bridgehead atoms. The molecule has 0 unspecified atom stereocenters. The van der Waals surface area contributed by atoms with Gasteiger partial charge in [-0.15, -0.1) is 0 Å². The zero-order valence-electron chi connectivity index (χ0n) is 3.86. The van der Waals surface area contributed by atoms with Crippen LogP contribution in [0.3, 0.4) is 0 Å². The van der Waals surface area contributed by atoms with Crippen LogP contribution in [0.1, 0.15) is 0 Å². The van der Waals surface area contributed by atoms with E-state index in [0.717, 1.165) is 7.11 Å². The van der Waals surface area contributed by atoms with Crippen LogP contribution in [0.2, 0.25) is 0 Å². The van der Waals surface area contributed by atoms with Crippen LogP contribution in [0.4, 0.5) is 0 Å². The Labute approximate surface area is 48.7 Å². The molecule has 0 saturated heterocycles. The zero-order chi connectivity index (χ0) is 2.00. The second-order valence-corrected chi connectivity index (χ2v) is 0. The predicted octanol–water partition coefficient (Wildman–Crippen LogP) is 0.507. The van der Waals surface area contributed by atoms with Crippen molar-refractivity contribution in [2.45, 2.75) is 0 Å². The first-order valence-electron chi connectivity index (χ1n) is 0.447. The van der Waals surface area contributed by atoms with Gasteiger partial charge in [0.05, 0.1) is 0 Å². The van der Waals surface area contributed by atoms with Gasteiger partial charge in [-0.05, 0) is 0 Å². The molecule has 0 amide bonds. The fourth-order valence-electron chi connectivity index (χ4n) is 0. The van der Waals surface area contributed by atoms with Gasteiger partial charge in [-0.1, -0.05) is 0 Å². The number of hydrogen-bond acceptors (Lipinski definition) is 1. The van der Waals surface area contributed by atoms with Crippen molar-refractivity contribution < 1.29 is 26.2 Å². The van der Waals surface area contributed by atoms with E-state index in [9.17, 15) is 0 Å².